The molecule has 102 valence electrons. The Labute approximate surface area is 116 Å². The van der Waals surface area contributed by atoms with Crippen LogP contribution in [0.15, 0.2) is 12.1 Å². The molecule has 0 aliphatic rings. The summed E-state index contributed by atoms with van der Waals surface area (Å²) < 4.78 is 29.1. The lowest BCUT2D eigenvalue weighted by atomic mass is 10.3. The second-order valence-corrected chi connectivity index (χ2v) is 4.16. The molecule has 0 spiro atoms. The van der Waals surface area contributed by atoms with Gasteiger partial charge >= 0.3 is 0 Å². The van der Waals surface area contributed by atoms with Gasteiger partial charge in [0.25, 0.3) is 0 Å². The summed E-state index contributed by atoms with van der Waals surface area (Å²) in [5.74, 6) is -0.285. The first-order chi connectivity index (χ1) is 8.58. The van der Waals surface area contributed by atoms with E-state index in [9.17, 15) is 4.39 Å². The molecular formula is C12H15Cl2FO3. The quantitative estimate of drug-likeness (QED) is 0.564. The minimum Gasteiger partial charge on any atom is -0.487 e. The fourth-order valence-electron chi connectivity index (χ4n) is 1.29. The van der Waals surface area contributed by atoms with Crippen molar-refractivity contribution in [2.24, 2.45) is 0 Å². The molecule has 0 saturated carbocycles. The van der Waals surface area contributed by atoms with Crippen molar-refractivity contribution >= 4 is 23.2 Å². The maximum absolute atomic E-state index is 13.1. The first-order valence-corrected chi connectivity index (χ1v) is 6.34. The largest absolute Gasteiger partial charge is 0.487 e. The Morgan fingerprint density at radius 3 is 2.28 bits per heavy atom. The highest BCUT2D eigenvalue weighted by atomic mass is 35.5. The van der Waals surface area contributed by atoms with Gasteiger partial charge in [-0.2, -0.15) is 0 Å². The lowest BCUT2D eigenvalue weighted by Gasteiger charge is -2.18. The van der Waals surface area contributed by atoms with E-state index in [1.165, 1.54) is 6.07 Å². The van der Waals surface area contributed by atoms with Gasteiger partial charge in [0.15, 0.2) is 6.29 Å². The average molecular weight is 297 g/mol. The van der Waals surface area contributed by atoms with Crippen LogP contribution in [0.1, 0.15) is 13.8 Å². The summed E-state index contributed by atoms with van der Waals surface area (Å²) in [5, 5.41) is 0.113. The predicted molar refractivity (Wildman–Crippen MR) is 69.0 cm³/mol. The SMILES string of the molecule is CCOC(COc1cc(Cl)c(F)cc1Cl)OCC. The van der Waals surface area contributed by atoms with Crippen LogP contribution in [0.5, 0.6) is 5.75 Å². The molecule has 0 atom stereocenters. The molecule has 0 aliphatic carbocycles. The summed E-state index contributed by atoms with van der Waals surface area (Å²) in [5.41, 5.74) is 0. The van der Waals surface area contributed by atoms with Gasteiger partial charge in [-0.25, -0.2) is 4.39 Å². The van der Waals surface area contributed by atoms with E-state index < -0.39 is 12.1 Å². The fraction of sp³-hybridized carbons (Fsp3) is 0.500. The molecule has 0 aliphatic heterocycles. The molecule has 0 radical (unpaired) electrons. The van der Waals surface area contributed by atoms with Gasteiger partial charge < -0.3 is 14.2 Å². The number of ether oxygens (including phenoxy) is 3. The molecule has 18 heavy (non-hydrogen) atoms. The predicted octanol–water partition coefficient (Wildman–Crippen LogP) is 3.91. The first kappa shape index (κ1) is 15.5. The molecule has 0 aromatic heterocycles. The van der Waals surface area contributed by atoms with E-state index in [-0.39, 0.29) is 16.7 Å². The molecule has 0 saturated heterocycles. The third kappa shape index (κ3) is 4.61. The second kappa shape index (κ2) is 7.79. The Kier molecular flexibility index (Phi) is 6.71. The van der Waals surface area contributed by atoms with Gasteiger partial charge in [-0.05, 0) is 19.9 Å². The van der Waals surface area contributed by atoms with Gasteiger partial charge in [0.2, 0.25) is 0 Å². The monoisotopic (exact) mass is 296 g/mol. The van der Waals surface area contributed by atoms with Crippen molar-refractivity contribution in [2.75, 3.05) is 19.8 Å². The van der Waals surface area contributed by atoms with E-state index in [2.05, 4.69) is 0 Å². The van der Waals surface area contributed by atoms with Crippen LogP contribution >= 0.6 is 23.2 Å². The molecule has 1 aromatic rings. The van der Waals surface area contributed by atoms with E-state index >= 15 is 0 Å². The third-order valence-corrected chi connectivity index (χ3v) is 2.64. The molecule has 0 bridgehead atoms. The molecule has 3 nitrogen and oxygen atoms in total. The highest BCUT2D eigenvalue weighted by molar-refractivity contribution is 6.34. The van der Waals surface area contributed by atoms with Crippen LogP contribution in [0.3, 0.4) is 0 Å². The summed E-state index contributed by atoms with van der Waals surface area (Å²) in [6, 6.07) is 2.43. The molecule has 6 heteroatoms. The van der Waals surface area contributed by atoms with Crippen molar-refractivity contribution in [1.82, 2.24) is 0 Å². The normalized spacial score (nSPS) is 11.0. The van der Waals surface area contributed by atoms with Crippen molar-refractivity contribution in [3.05, 3.63) is 28.0 Å². The molecule has 0 heterocycles. The molecule has 0 fully saturated rings. The lowest BCUT2D eigenvalue weighted by Crippen LogP contribution is -2.25. The van der Waals surface area contributed by atoms with Crippen LogP contribution in [0.4, 0.5) is 4.39 Å². The van der Waals surface area contributed by atoms with E-state index in [4.69, 9.17) is 37.4 Å². The highest BCUT2D eigenvalue weighted by Gasteiger charge is 2.12. The molecule has 1 rings (SSSR count). The van der Waals surface area contributed by atoms with E-state index in [0.29, 0.717) is 19.0 Å². The Morgan fingerprint density at radius 1 is 1.11 bits per heavy atom. The summed E-state index contributed by atoms with van der Waals surface area (Å²) >= 11 is 11.5. The van der Waals surface area contributed by atoms with E-state index in [1.807, 2.05) is 13.8 Å². The minimum absolute atomic E-state index is 0.0428. The zero-order chi connectivity index (χ0) is 13.5. The fourth-order valence-corrected chi connectivity index (χ4v) is 1.65. The second-order valence-electron chi connectivity index (χ2n) is 3.35. The van der Waals surface area contributed by atoms with Crippen molar-refractivity contribution in [3.8, 4) is 5.75 Å². The molecule has 0 unspecified atom stereocenters. The standard InChI is InChI=1S/C12H15Cl2FO3/c1-3-16-12(17-4-2)7-18-11-6-8(13)10(15)5-9(11)14/h5-6,12H,3-4,7H2,1-2H3. The zero-order valence-electron chi connectivity index (χ0n) is 10.2. The van der Waals surface area contributed by atoms with E-state index in [0.717, 1.165) is 6.07 Å². The van der Waals surface area contributed by atoms with Gasteiger partial charge in [-0.3, -0.25) is 0 Å². The third-order valence-electron chi connectivity index (χ3n) is 2.05. The van der Waals surface area contributed by atoms with Gasteiger partial charge in [0.1, 0.15) is 18.2 Å². The lowest BCUT2D eigenvalue weighted by molar-refractivity contribution is -0.152. The topological polar surface area (TPSA) is 27.7 Å². The average Bonchev–Trinajstić information content (AvgIpc) is 2.32. The minimum atomic E-state index is -0.583. The molecule has 1 aromatic carbocycles. The van der Waals surface area contributed by atoms with Crippen molar-refractivity contribution in [1.29, 1.82) is 0 Å². The molecular weight excluding hydrogens is 282 g/mol. The van der Waals surface area contributed by atoms with Crippen molar-refractivity contribution in [3.63, 3.8) is 0 Å². The van der Waals surface area contributed by atoms with Gasteiger partial charge in [-0.15, -0.1) is 0 Å². The summed E-state index contributed by atoms with van der Waals surface area (Å²) in [6.45, 7) is 4.88. The van der Waals surface area contributed by atoms with Crippen LogP contribution in [0.2, 0.25) is 10.0 Å². The van der Waals surface area contributed by atoms with Crippen LogP contribution < -0.4 is 4.74 Å². The summed E-state index contributed by atoms with van der Waals surface area (Å²) in [7, 11) is 0. The maximum atomic E-state index is 13.1. The molecule has 0 amide bonds. The Morgan fingerprint density at radius 2 is 1.72 bits per heavy atom. The summed E-state index contributed by atoms with van der Waals surface area (Å²) in [4.78, 5) is 0. The maximum Gasteiger partial charge on any atom is 0.191 e. The Bertz CT molecular complexity index is 382. The number of halogens is 3. The molecule has 0 N–H and O–H groups in total. The van der Waals surface area contributed by atoms with Gasteiger partial charge in [-0.1, -0.05) is 23.2 Å². The van der Waals surface area contributed by atoms with Crippen LogP contribution in [-0.2, 0) is 9.47 Å². The van der Waals surface area contributed by atoms with Gasteiger partial charge in [0, 0.05) is 19.3 Å². The van der Waals surface area contributed by atoms with Crippen LogP contribution in [0.25, 0.3) is 0 Å². The number of rotatable bonds is 7. The van der Waals surface area contributed by atoms with Crippen molar-refractivity contribution in [2.45, 2.75) is 20.1 Å². The number of benzene rings is 1. The Balaban J connectivity index is 2.64. The number of hydrogen-bond donors (Lipinski definition) is 0. The van der Waals surface area contributed by atoms with Crippen molar-refractivity contribution < 1.29 is 18.6 Å². The van der Waals surface area contributed by atoms with Gasteiger partial charge in [0.05, 0.1) is 10.0 Å². The smallest absolute Gasteiger partial charge is 0.191 e. The van der Waals surface area contributed by atoms with Crippen LogP contribution in [0, 0.1) is 5.82 Å². The van der Waals surface area contributed by atoms with Crippen LogP contribution in [-0.4, -0.2) is 26.1 Å². The van der Waals surface area contributed by atoms with E-state index in [1.54, 1.807) is 0 Å². The first-order valence-electron chi connectivity index (χ1n) is 5.59. The highest BCUT2D eigenvalue weighted by Crippen LogP contribution is 2.30. The summed E-state index contributed by atoms with van der Waals surface area (Å²) in [6.07, 6.45) is -0.486. The zero-order valence-corrected chi connectivity index (χ0v) is 11.7. The number of hydrogen-bond acceptors (Lipinski definition) is 3. The Hall–Kier alpha value is -0.550.